The SMILES string of the molecule is CNC(Cc1ccco1)c1cc(C)ccc1Br. The molecular formula is C14H16BrNO. The van der Waals surface area contributed by atoms with E-state index in [-0.39, 0.29) is 6.04 Å². The zero-order valence-electron chi connectivity index (χ0n) is 10.0. The lowest BCUT2D eigenvalue weighted by atomic mass is 10.0. The lowest BCUT2D eigenvalue weighted by Gasteiger charge is -2.17. The monoisotopic (exact) mass is 293 g/mol. The van der Waals surface area contributed by atoms with Crippen LogP contribution < -0.4 is 5.32 Å². The van der Waals surface area contributed by atoms with Crippen molar-refractivity contribution in [2.75, 3.05) is 7.05 Å². The van der Waals surface area contributed by atoms with Crippen LogP contribution in [0.25, 0.3) is 0 Å². The maximum absolute atomic E-state index is 5.40. The number of halogens is 1. The molecule has 0 aliphatic rings. The molecule has 0 amide bonds. The molecule has 1 aromatic carbocycles. The number of rotatable bonds is 4. The van der Waals surface area contributed by atoms with E-state index >= 15 is 0 Å². The van der Waals surface area contributed by atoms with Crippen molar-refractivity contribution in [3.05, 3.63) is 58.0 Å². The van der Waals surface area contributed by atoms with E-state index in [0.717, 1.165) is 16.7 Å². The van der Waals surface area contributed by atoms with Crippen LogP contribution in [0.15, 0.2) is 45.5 Å². The Bertz CT molecular complexity index is 479. The molecule has 3 heteroatoms. The first kappa shape index (κ1) is 12.4. The summed E-state index contributed by atoms with van der Waals surface area (Å²) in [4.78, 5) is 0. The molecule has 90 valence electrons. The lowest BCUT2D eigenvalue weighted by molar-refractivity contribution is 0.465. The van der Waals surface area contributed by atoms with Gasteiger partial charge < -0.3 is 9.73 Å². The highest BCUT2D eigenvalue weighted by molar-refractivity contribution is 9.10. The van der Waals surface area contributed by atoms with Crippen LogP contribution in [0.2, 0.25) is 0 Å². The van der Waals surface area contributed by atoms with Crippen molar-refractivity contribution in [3.63, 3.8) is 0 Å². The average molecular weight is 294 g/mol. The molecule has 0 saturated carbocycles. The molecule has 0 spiro atoms. The van der Waals surface area contributed by atoms with Crippen molar-refractivity contribution >= 4 is 15.9 Å². The van der Waals surface area contributed by atoms with Crippen LogP contribution >= 0.6 is 15.9 Å². The number of aryl methyl sites for hydroxylation is 1. The maximum Gasteiger partial charge on any atom is 0.105 e. The smallest absolute Gasteiger partial charge is 0.105 e. The highest BCUT2D eigenvalue weighted by atomic mass is 79.9. The zero-order valence-corrected chi connectivity index (χ0v) is 11.6. The number of furan rings is 1. The van der Waals surface area contributed by atoms with Crippen LogP contribution in [0.4, 0.5) is 0 Å². The van der Waals surface area contributed by atoms with Crippen LogP contribution in [0.1, 0.15) is 22.9 Å². The third kappa shape index (κ3) is 2.99. The third-order valence-corrected chi connectivity index (χ3v) is 3.58. The Morgan fingerprint density at radius 3 is 2.82 bits per heavy atom. The van der Waals surface area contributed by atoms with Crippen LogP contribution in [0.5, 0.6) is 0 Å². The number of hydrogen-bond donors (Lipinski definition) is 1. The van der Waals surface area contributed by atoms with Crippen molar-refractivity contribution in [1.29, 1.82) is 0 Å². The van der Waals surface area contributed by atoms with Crippen LogP contribution in [0.3, 0.4) is 0 Å². The molecule has 2 aromatic rings. The molecule has 2 nitrogen and oxygen atoms in total. The van der Waals surface area contributed by atoms with Crippen LogP contribution in [-0.4, -0.2) is 7.05 Å². The molecule has 1 heterocycles. The summed E-state index contributed by atoms with van der Waals surface area (Å²) in [5.74, 6) is 0.998. The molecule has 0 aliphatic heterocycles. The van der Waals surface area contributed by atoms with E-state index in [1.807, 2.05) is 19.2 Å². The minimum atomic E-state index is 0.260. The van der Waals surface area contributed by atoms with E-state index in [1.165, 1.54) is 11.1 Å². The third-order valence-electron chi connectivity index (χ3n) is 2.86. The molecule has 0 radical (unpaired) electrons. The van der Waals surface area contributed by atoms with Gasteiger partial charge in [-0.1, -0.05) is 33.6 Å². The Labute approximate surface area is 110 Å². The van der Waals surface area contributed by atoms with E-state index in [9.17, 15) is 0 Å². The summed E-state index contributed by atoms with van der Waals surface area (Å²) >= 11 is 3.61. The van der Waals surface area contributed by atoms with Crippen LogP contribution in [-0.2, 0) is 6.42 Å². The minimum absolute atomic E-state index is 0.260. The molecular weight excluding hydrogens is 278 g/mol. The highest BCUT2D eigenvalue weighted by Gasteiger charge is 2.14. The number of likely N-dealkylation sites (N-methyl/N-ethyl adjacent to an activating group) is 1. The first-order valence-corrected chi connectivity index (χ1v) is 6.45. The van der Waals surface area contributed by atoms with E-state index < -0.39 is 0 Å². The van der Waals surface area contributed by atoms with Crippen molar-refractivity contribution in [3.8, 4) is 0 Å². The molecule has 1 atom stereocenters. The van der Waals surface area contributed by atoms with Gasteiger partial charge >= 0.3 is 0 Å². The Hall–Kier alpha value is -1.06. The van der Waals surface area contributed by atoms with Gasteiger partial charge in [-0.05, 0) is 37.7 Å². The van der Waals surface area contributed by atoms with Gasteiger partial charge in [-0.15, -0.1) is 0 Å². The summed E-state index contributed by atoms with van der Waals surface area (Å²) < 4.78 is 6.54. The molecule has 0 saturated heterocycles. The highest BCUT2D eigenvalue weighted by Crippen LogP contribution is 2.27. The fraction of sp³-hybridized carbons (Fsp3) is 0.286. The van der Waals surface area contributed by atoms with Crippen molar-refractivity contribution < 1.29 is 4.42 Å². The fourth-order valence-electron chi connectivity index (χ4n) is 1.93. The largest absolute Gasteiger partial charge is 0.469 e. The molecule has 2 rings (SSSR count). The molecule has 17 heavy (non-hydrogen) atoms. The van der Waals surface area contributed by atoms with Crippen molar-refractivity contribution in [2.24, 2.45) is 0 Å². The predicted octanol–water partition coefficient (Wildman–Crippen LogP) is 3.85. The summed E-state index contributed by atoms with van der Waals surface area (Å²) in [5.41, 5.74) is 2.53. The Morgan fingerprint density at radius 2 is 2.18 bits per heavy atom. The molecule has 1 N–H and O–H groups in total. The van der Waals surface area contributed by atoms with Gasteiger partial charge in [-0.2, -0.15) is 0 Å². The minimum Gasteiger partial charge on any atom is -0.469 e. The normalized spacial score (nSPS) is 12.6. The van der Waals surface area contributed by atoms with Gasteiger partial charge in [-0.3, -0.25) is 0 Å². The predicted molar refractivity (Wildman–Crippen MR) is 73.1 cm³/mol. The second kappa shape index (κ2) is 5.52. The van der Waals surface area contributed by atoms with Gasteiger partial charge in [0.05, 0.1) is 6.26 Å². The van der Waals surface area contributed by atoms with Crippen molar-refractivity contribution in [2.45, 2.75) is 19.4 Å². The van der Waals surface area contributed by atoms with Gasteiger partial charge in [0.2, 0.25) is 0 Å². The Balaban J connectivity index is 2.25. The zero-order chi connectivity index (χ0) is 12.3. The summed E-state index contributed by atoms with van der Waals surface area (Å²) in [7, 11) is 1.97. The molecule has 1 unspecified atom stereocenters. The molecule has 0 aliphatic carbocycles. The van der Waals surface area contributed by atoms with E-state index in [2.05, 4.69) is 46.4 Å². The van der Waals surface area contributed by atoms with Gasteiger partial charge in [0, 0.05) is 16.9 Å². The van der Waals surface area contributed by atoms with E-state index in [0.29, 0.717) is 0 Å². The number of benzene rings is 1. The van der Waals surface area contributed by atoms with E-state index in [4.69, 9.17) is 4.42 Å². The van der Waals surface area contributed by atoms with E-state index in [1.54, 1.807) is 6.26 Å². The summed E-state index contributed by atoms with van der Waals surface area (Å²) in [6.45, 7) is 2.11. The Kier molecular flexibility index (Phi) is 4.02. The average Bonchev–Trinajstić information content (AvgIpc) is 2.82. The quantitative estimate of drug-likeness (QED) is 0.926. The Morgan fingerprint density at radius 1 is 1.35 bits per heavy atom. The van der Waals surface area contributed by atoms with Crippen molar-refractivity contribution in [1.82, 2.24) is 5.32 Å². The number of hydrogen-bond acceptors (Lipinski definition) is 2. The van der Waals surface area contributed by atoms with Crippen LogP contribution in [0, 0.1) is 6.92 Å². The van der Waals surface area contributed by atoms with Gasteiger partial charge in [0.25, 0.3) is 0 Å². The number of nitrogens with one attached hydrogen (secondary N) is 1. The topological polar surface area (TPSA) is 25.2 Å². The van der Waals surface area contributed by atoms with Gasteiger partial charge in [0.1, 0.15) is 5.76 Å². The fourth-order valence-corrected chi connectivity index (χ4v) is 2.45. The summed E-state index contributed by atoms with van der Waals surface area (Å²) in [5, 5.41) is 3.33. The molecule has 0 bridgehead atoms. The lowest BCUT2D eigenvalue weighted by Crippen LogP contribution is -2.19. The molecule has 1 aromatic heterocycles. The second-order valence-electron chi connectivity index (χ2n) is 4.15. The second-order valence-corrected chi connectivity index (χ2v) is 5.00. The first-order valence-electron chi connectivity index (χ1n) is 5.66. The first-order chi connectivity index (χ1) is 8.20. The summed E-state index contributed by atoms with van der Waals surface area (Å²) in [6.07, 6.45) is 2.57. The standard InChI is InChI=1S/C14H16BrNO/c1-10-5-6-13(15)12(8-10)14(16-2)9-11-4-3-7-17-11/h3-8,14,16H,9H2,1-2H3. The van der Waals surface area contributed by atoms with Gasteiger partial charge in [-0.25, -0.2) is 0 Å². The van der Waals surface area contributed by atoms with Gasteiger partial charge in [0.15, 0.2) is 0 Å². The summed E-state index contributed by atoms with van der Waals surface area (Å²) in [6, 6.07) is 10.6. The maximum atomic E-state index is 5.40. The molecule has 0 fully saturated rings.